The molecule has 0 aliphatic heterocycles. The summed E-state index contributed by atoms with van der Waals surface area (Å²) >= 11 is 12.4. The van der Waals surface area contributed by atoms with Crippen LogP contribution in [-0.2, 0) is 0 Å². The van der Waals surface area contributed by atoms with Crippen LogP contribution in [0.4, 0.5) is 0 Å². The molecule has 2 aromatic rings. The lowest BCUT2D eigenvalue weighted by Gasteiger charge is -2.10. The van der Waals surface area contributed by atoms with E-state index in [1.54, 1.807) is 18.2 Å². The quantitative estimate of drug-likeness (QED) is 0.905. The van der Waals surface area contributed by atoms with E-state index in [2.05, 4.69) is 5.16 Å². The fourth-order valence-electron chi connectivity index (χ4n) is 2.27. The highest BCUT2D eigenvalue weighted by molar-refractivity contribution is 6.39. The van der Waals surface area contributed by atoms with Gasteiger partial charge in [-0.25, -0.2) is 0 Å². The number of rotatable bonds is 4. The highest BCUT2D eigenvalue weighted by atomic mass is 35.5. The molecule has 1 aromatic heterocycles. The molecule has 1 fully saturated rings. The van der Waals surface area contributed by atoms with Crippen molar-refractivity contribution in [1.29, 1.82) is 0 Å². The van der Waals surface area contributed by atoms with E-state index in [1.165, 1.54) is 0 Å². The van der Waals surface area contributed by atoms with Gasteiger partial charge in [0.25, 0.3) is 0 Å². The van der Waals surface area contributed by atoms with Crippen LogP contribution in [0.25, 0.3) is 11.3 Å². The number of benzene rings is 1. The molecule has 0 amide bonds. The van der Waals surface area contributed by atoms with Gasteiger partial charge in [-0.3, -0.25) is 0 Å². The minimum absolute atomic E-state index is 0.258. The predicted molar refractivity (Wildman–Crippen MR) is 76.0 cm³/mol. The predicted octanol–water partition coefficient (Wildman–Crippen LogP) is 3.55. The first-order chi connectivity index (χ1) is 9.63. The molecule has 1 atom stereocenters. The van der Waals surface area contributed by atoms with Gasteiger partial charge in [0.1, 0.15) is 17.6 Å². The van der Waals surface area contributed by atoms with Crippen molar-refractivity contribution in [2.24, 2.45) is 0 Å². The average Bonchev–Trinajstić information content (AvgIpc) is 3.18. The summed E-state index contributed by atoms with van der Waals surface area (Å²) in [6.07, 6.45) is 0.936. The lowest BCUT2D eigenvalue weighted by molar-refractivity contribution is 0.0943. The van der Waals surface area contributed by atoms with E-state index >= 15 is 0 Å². The zero-order valence-corrected chi connectivity index (χ0v) is 12.0. The molecule has 1 aliphatic rings. The molecule has 106 valence electrons. The highest BCUT2D eigenvalue weighted by Gasteiger charge is 2.35. The fourth-order valence-corrected chi connectivity index (χ4v) is 2.84. The monoisotopic (exact) mass is 313 g/mol. The molecule has 1 unspecified atom stereocenters. The van der Waals surface area contributed by atoms with Gasteiger partial charge >= 0.3 is 0 Å². The van der Waals surface area contributed by atoms with Crippen LogP contribution < -0.4 is 0 Å². The molecule has 0 bridgehead atoms. The Morgan fingerprint density at radius 2 is 1.95 bits per heavy atom. The molecule has 0 saturated heterocycles. The SMILES string of the molecule is OCC(O)c1c(-c2c(Cl)cccc2Cl)noc1C1CC1. The van der Waals surface area contributed by atoms with E-state index in [9.17, 15) is 10.2 Å². The summed E-state index contributed by atoms with van der Waals surface area (Å²) in [5, 5.41) is 24.2. The number of nitrogens with zero attached hydrogens (tertiary/aromatic N) is 1. The van der Waals surface area contributed by atoms with Gasteiger partial charge in [-0.2, -0.15) is 0 Å². The molecular weight excluding hydrogens is 301 g/mol. The molecule has 1 saturated carbocycles. The van der Waals surface area contributed by atoms with E-state index in [4.69, 9.17) is 27.7 Å². The Labute approximate surface area is 125 Å². The number of hydrogen-bond acceptors (Lipinski definition) is 4. The van der Waals surface area contributed by atoms with Crippen molar-refractivity contribution in [3.8, 4) is 11.3 Å². The second-order valence-corrected chi connectivity index (χ2v) is 5.69. The van der Waals surface area contributed by atoms with Gasteiger partial charge in [-0.1, -0.05) is 34.4 Å². The van der Waals surface area contributed by atoms with E-state index in [0.717, 1.165) is 12.8 Å². The molecule has 3 rings (SSSR count). The Morgan fingerprint density at radius 1 is 1.30 bits per heavy atom. The van der Waals surface area contributed by atoms with Gasteiger partial charge in [0, 0.05) is 11.5 Å². The summed E-state index contributed by atoms with van der Waals surface area (Å²) in [7, 11) is 0. The molecular formula is C14H13Cl2NO3. The molecule has 2 N–H and O–H groups in total. The summed E-state index contributed by atoms with van der Waals surface area (Å²) in [6, 6.07) is 5.13. The lowest BCUT2D eigenvalue weighted by atomic mass is 10.00. The Kier molecular flexibility index (Phi) is 3.73. The van der Waals surface area contributed by atoms with Crippen LogP contribution in [0.5, 0.6) is 0 Å². The van der Waals surface area contributed by atoms with Crippen LogP contribution in [0.1, 0.15) is 36.2 Å². The first-order valence-corrected chi connectivity index (χ1v) is 7.11. The summed E-state index contributed by atoms with van der Waals surface area (Å²) in [6.45, 7) is -0.407. The van der Waals surface area contributed by atoms with Crippen molar-refractivity contribution in [1.82, 2.24) is 5.16 Å². The maximum absolute atomic E-state index is 10.1. The maximum Gasteiger partial charge on any atom is 0.146 e. The van der Waals surface area contributed by atoms with Crippen LogP contribution in [-0.4, -0.2) is 22.0 Å². The van der Waals surface area contributed by atoms with Crippen molar-refractivity contribution in [3.05, 3.63) is 39.6 Å². The zero-order chi connectivity index (χ0) is 14.3. The van der Waals surface area contributed by atoms with Crippen molar-refractivity contribution in [2.75, 3.05) is 6.61 Å². The van der Waals surface area contributed by atoms with Gasteiger partial charge in [0.05, 0.1) is 22.2 Å². The number of hydrogen-bond donors (Lipinski definition) is 2. The second-order valence-electron chi connectivity index (χ2n) is 4.88. The third-order valence-corrected chi connectivity index (χ3v) is 4.04. The smallest absolute Gasteiger partial charge is 0.146 e. The van der Waals surface area contributed by atoms with Gasteiger partial charge in [0.15, 0.2) is 0 Å². The minimum atomic E-state index is -1.06. The van der Waals surface area contributed by atoms with Crippen LogP contribution in [0.2, 0.25) is 10.0 Å². The molecule has 6 heteroatoms. The number of halogens is 2. The molecule has 20 heavy (non-hydrogen) atoms. The summed E-state index contributed by atoms with van der Waals surface area (Å²) in [4.78, 5) is 0. The van der Waals surface area contributed by atoms with Crippen LogP contribution >= 0.6 is 23.2 Å². The first kappa shape index (κ1) is 13.9. The van der Waals surface area contributed by atoms with Crippen LogP contribution in [0, 0.1) is 0 Å². The summed E-state index contributed by atoms with van der Waals surface area (Å²) in [5.74, 6) is 0.881. The van der Waals surface area contributed by atoms with E-state index in [1.807, 2.05) is 0 Å². The number of aromatic nitrogens is 1. The van der Waals surface area contributed by atoms with Gasteiger partial charge in [0.2, 0.25) is 0 Å². The standard InChI is InChI=1S/C14H13Cl2NO3/c15-8-2-1-3-9(16)11(8)13-12(10(19)6-18)14(20-17-13)7-4-5-7/h1-3,7,10,18-19H,4-6H2. The van der Waals surface area contributed by atoms with Gasteiger partial charge < -0.3 is 14.7 Å². The number of aliphatic hydroxyl groups excluding tert-OH is 2. The third kappa shape index (κ3) is 2.33. The Morgan fingerprint density at radius 3 is 2.50 bits per heavy atom. The highest BCUT2D eigenvalue weighted by Crippen LogP contribution is 2.47. The summed E-state index contributed by atoms with van der Waals surface area (Å²) in [5.41, 5.74) is 1.42. The average molecular weight is 314 g/mol. The molecule has 0 spiro atoms. The Bertz CT molecular complexity index is 617. The van der Waals surface area contributed by atoms with Crippen molar-refractivity contribution < 1.29 is 14.7 Å². The Balaban J connectivity index is 2.18. The normalized spacial score (nSPS) is 16.4. The molecule has 1 aromatic carbocycles. The molecule has 4 nitrogen and oxygen atoms in total. The lowest BCUT2D eigenvalue weighted by Crippen LogP contribution is -2.05. The topological polar surface area (TPSA) is 66.5 Å². The minimum Gasteiger partial charge on any atom is -0.393 e. The van der Waals surface area contributed by atoms with Crippen LogP contribution in [0.15, 0.2) is 22.7 Å². The van der Waals surface area contributed by atoms with Gasteiger partial charge in [-0.15, -0.1) is 0 Å². The van der Waals surface area contributed by atoms with Crippen molar-refractivity contribution in [2.45, 2.75) is 24.9 Å². The zero-order valence-electron chi connectivity index (χ0n) is 10.5. The molecule has 1 heterocycles. The largest absolute Gasteiger partial charge is 0.393 e. The van der Waals surface area contributed by atoms with E-state index in [-0.39, 0.29) is 5.92 Å². The van der Waals surface area contributed by atoms with Crippen LogP contribution in [0.3, 0.4) is 0 Å². The van der Waals surface area contributed by atoms with E-state index < -0.39 is 12.7 Å². The third-order valence-electron chi connectivity index (χ3n) is 3.41. The van der Waals surface area contributed by atoms with E-state index in [0.29, 0.717) is 32.6 Å². The fraction of sp³-hybridized carbons (Fsp3) is 0.357. The van der Waals surface area contributed by atoms with Crippen molar-refractivity contribution >= 4 is 23.2 Å². The summed E-state index contributed by atoms with van der Waals surface area (Å²) < 4.78 is 5.37. The number of aliphatic hydroxyl groups is 2. The first-order valence-electron chi connectivity index (χ1n) is 6.36. The molecule has 1 aliphatic carbocycles. The Hall–Kier alpha value is -1.07. The van der Waals surface area contributed by atoms with Gasteiger partial charge in [-0.05, 0) is 25.0 Å². The maximum atomic E-state index is 10.1. The van der Waals surface area contributed by atoms with Crippen molar-refractivity contribution in [3.63, 3.8) is 0 Å². The second kappa shape index (κ2) is 5.37. The molecule has 0 radical (unpaired) electrons.